The lowest BCUT2D eigenvalue weighted by Gasteiger charge is -2.11. The maximum Gasteiger partial charge on any atom is 0.262 e. The molecule has 3 aromatic carbocycles. The molecular formula is C24H25N3O5S. The van der Waals surface area contributed by atoms with Crippen LogP contribution in [0.5, 0.6) is 5.75 Å². The molecular weight excluding hydrogens is 442 g/mol. The summed E-state index contributed by atoms with van der Waals surface area (Å²) >= 11 is 0. The van der Waals surface area contributed by atoms with Gasteiger partial charge in [0.15, 0.2) is 6.61 Å². The zero-order valence-electron chi connectivity index (χ0n) is 18.5. The van der Waals surface area contributed by atoms with Crippen molar-refractivity contribution < 1.29 is 22.7 Å². The van der Waals surface area contributed by atoms with E-state index in [9.17, 15) is 18.0 Å². The average molecular weight is 468 g/mol. The Morgan fingerprint density at radius 3 is 1.94 bits per heavy atom. The first-order chi connectivity index (χ1) is 15.6. The summed E-state index contributed by atoms with van der Waals surface area (Å²) < 4.78 is 33.2. The van der Waals surface area contributed by atoms with Crippen molar-refractivity contribution in [2.24, 2.45) is 0 Å². The molecule has 0 aliphatic carbocycles. The van der Waals surface area contributed by atoms with Crippen LogP contribution < -0.4 is 20.1 Å². The van der Waals surface area contributed by atoms with E-state index in [1.165, 1.54) is 31.2 Å². The molecule has 0 aromatic heterocycles. The van der Waals surface area contributed by atoms with Crippen LogP contribution in [0.15, 0.2) is 71.6 Å². The summed E-state index contributed by atoms with van der Waals surface area (Å²) in [5.74, 6) is -0.202. The molecule has 0 aliphatic rings. The van der Waals surface area contributed by atoms with Gasteiger partial charge in [-0.05, 0) is 85.6 Å². The Morgan fingerprint density at radius 2 is 1.36 bits per heavy atom. The van der Waals surface area contributed by atoms with Gasteiger partial charge in [-0.15, -0.1) is 0 Å². The van der Waals surface area contributed by atoms with Crippen molar-refractivity contribution in [1.82, 2.24) is 0 Å². The Balaban J connectivity index is 1.54. The number of hydrogen-bond donors (Lipinski definition) is 3. The number of anilines is 3. The van der Waals surface area contributed by atoms with E-state index in [2.05, 4.69) is 15.4 Å². The van der Waals surface area contributed by atoms with E-state index in [1.54, 1.807) is 36.4 Å². The van der Waals surface area contributed by atoms with E-state index in [0.29, 0.717) is 22.8 Å². The molecule has 0 heterocycles. The van der Waals surface area contributed by atoms with Gasteiger partial charge in [0.1, 0.15) is 5.75 Å². The van der Waals surface area contributed by atoms with Crippen molar-refractivity contribution in [3.8, 4) is 5.75 Å². The van der Waals surface area contributed by atoms with Crippen LogP contribution in [0.25, 0.3) is 0 Å². The van der Waals surface area contributed by atoms with Gasteiger partial charge in [-0.1, -0.05) is 6.07 Å². The van der Waals surface area contributed by atoms with Gasteiger partial charge in [-0.25, -0.2) is 8.42 Å². The molecule has 3 rings (SSSR count). The largest absolute Gasteiger partial charge is 0.484 e. The van der Waals surface area contributed by atoms with E-state index < -0.39 is 10.0 Å². The Hall–Kier alpha value is -3.85. The molecule has 0 saturated carbocycles. The molecule has 172 valence electrons. The first-order valence-corrected chi connectivity index (χ1v) is 11.6. The Labute approximate surface area is 193 Å². The zero-order valence-corrected chi connectivity index (χ0v) is 19.3. The second kappa shape index (κ2) is 10.2. The number of ether oxygens (including phenoxy) is 1. The number of nitrogens with one attached hydrogen (secondary N) is 3. The summed E-state index contributed by atoms with van der Waals surface area (Å²) in [6.45, 7) is 5.03. The van der Waals surface area contributed by atoms with Crippen molar-refractivity contribution in [1.29, 1.82) is 0 Å². The Bertz CT molecular complexity index is 1250. The number of benzene rings is 3. The lowest BCUT2D eigenvalue weighted by atomic mass is 10.1. The fourth-order valence-corrected chi connectivity index (χ4v) is 3.97. The molecule has 0 aliphatic heterocycles. The van der Waals surface area contributed by atoms with Crippen LogP contribution in [0.1, 0.15) is 18.1 Å². The number of amides is 2. The van der Waals surface area contributed by atoms with Gasteiger partial charge in [-0.3, -0.25) is 14.3 Å². The highest BCUT2D eigenvalue weighted by atomic mass is 32.2. The molecule has 3 N–H and O–H groups in total. The summed E-state index contributed by atoms with van der Waals surface area (Å²) in [7, 11) is -3.75. The molecule has 33 heavy (non-hydrogen) atoms. The van der Waals surface area contributed by atoms with Crippen LogP contribution in [0, 0.1) is 13.8 Å². The van der Waals surface area contributed by atoms with E-state index in [-0.39, 0.29) is 23.3 Å². The molecule has 0 radical (unpaired) electrons. The third-order valence-corrected chi connectivity index (χ3v) is 6.15. The SMILES string of the molecule is CC(=O)Nc1ccc(NC(=O)COc2ccc(S(=O)(=O)Nc3ccc(C)c(C)c3)cc2)cc1. The molecule has 0 saturated heterocycles. The monoisotopic (exact) mass is 467 g/mol. The number of aryl methyl sites for hydroxylation is 2. The maximum atomic E-state index is 12.6. The molecule has 0 bridgehead atoms. The molecule has 3 aromatic rings. The average Bonchev–Trinajstić information content (AvgIpc) is 2.76. The summed E-state index contributed by atoms with van der Waals surface area (Å²) in [5.41, 5.74) is 3.72. The third kappa shape index (κ3) is 6.81. The Morgan fingerprint density at radius 1 is 0.788 bits per heavy atom. The van der Waals surface area contributed by atoms with Crippen molar-refractivity contribution >= 4 is 38.9 Å². The van der Waals surface area contributed by atoms with E-state index in [4.69, 9.17) is 4.74 Å². The van der Waals surface area contributed by atoms with Crippen LogP contribution in [-0.2, 0) is 19.6 Å². The fraction of sp³-hybridized carbons (Fsp3) is 0.167. The normalized spacial score (nSPS) is 10.9. The minimum atomic E-state index is -3.75. The van der Waals surface area contributed by atoms with Gasteiger partial charge in [0, 0.05) is 24.0 Å². The summed E-state index contributed by atoms with van der Waals surface area (Å²) in [4.78, 5) is 23.2. The van der Waals surface area contributed by atoms with Gasteiger partial charge in [0.05, 0.1) is 4.90 Å². The van der Waals surface area contributed by atoms with Crippen molar-refractivity contribution in [2.75, 3.05) is 22.0 Å². The molecule has 0 atom stereocenters. The van der Waals surface area contributed by atoms with Gasteiger partial charge < -0.3 is 15.4 Å². The van der Waals surface area contributed by atoms with Crippen LogP contribution in [0.2, 0.25) is 0 Å². The second-order valence-electron chi connectivity index (χ2n) is 7.47. The lowest BCUT2D eigenvalue weighted by molar-refractivity contribution is -0.118. The summed E-state index contributed by atoms with van der Waals surface area (Å²) in [6, 6.07) is 17.8. The van der Waals surface area contributed by atoms with Crippen LogP contribution >= 0.6 is 0 Å². The van der Waals surface area contributed by atoms with Gasteiger partial charge >= 0.3 is 0 Å². The van der Waals surface area contributed by atoms with E-state index in [0.717, 1.165) is 11.1 Å². The molecule has 2 amide bonds. The van der Waals surface area contributed by atoms with Gasteiger partial charge in [0.2, 0.25) is 5.91 Å². The molecule has 0 spiro atoms. The second-order valence-corrected chi connectivity index (χ2v) is 9.15. The molecule has 8 nitrogen and oxygen atoms in total. The van der Waals surface area contributed by atoms with Gasteiger partial charge in [-0.2, -0.15) is 0 Å². The highest BCUT2D eigenvalue weighted by molar-refractivity contribution is 7.92. The predicted octanol–water partition coefficient (Wildman–Crippen LogP) is 4.08. The standard InChI is InChI=1S/C24H25N3O5S/c1-16-4-5-21(14-17(16)2)27-33(30,31)23-12-10-22(11-13-23)32-15-24(29)26-20-8-6-19(7-9-20)25-18(3)28/h4-14,27H,15H2,1-3H3,(H,25,28)(H,26,29). The quantitative estimate of drug-likeness (QED) is 0.462. The van der Waals surface area contributed by atoms with Crippen molar-refractivity contribution in [3.05, 3.63) is 77.9 Å². The highest BCUT2D eigenvalue weighted by Gasteiger charge is 2.15. The molecule has 0 unspecified atom stereocenters. The minimum Gasteiger partial charge on any atom is -0.484 e. The minimum absolute atomic E-state index is 0.0804. The summed E-state index contributed by atoms with van der Waals surface area (Å²) in [5, 5.41) is 5.32. The Kier molecular flexibility index (Phi) is 7.34. The first kappa shape index (κ1) is 23.8. The van der Waals surface area contributed by atoms with E-state index in [1.807, 2.05) is 19.9 Å². The number of rotatable bonds is 8. The topological polar surface area (TPSA) is 114 Å². The number of hydrogen-bond acceptors (Lipinski definition) is 5. The summed E-state index contributed by atoms with van der Waals surface area (Å²) in [6.07, 6.45) is 0. The molecule has 0 fully saturated rings. The zero-order chi connectivity index (χ0) is 24.0. The van der Waals surface area contributed by atoms with Crippen molar-refractivity contribution in [2.45, 2.75) is 25.7 Å². The number of carbonyl (C=O) groups is 2. The fourth-order valence-electron chi connectivity index (χ4n) is 2.92. The molecule has 9 heteroatoms. The highest BCUT2D eigenvalue weighted by Crippen LogP contribution is 2.21. The van der Waals surface area contributed by atoms with E-state index >= 15 is 0 Å². The van der Waals surface area contributed by atoms with Crippen LogP contribution in [-0.4, -0.2) is 26.8 Å². The third-order valence-electron chi connectivity index (χ3n) is 4.75. The van der Waals surface area contributed by atoms with Crippen LogP contribution in [0.3, 0.4) is 0 Å². The van der Waals surface area contributed by atoms with Crippen molar-refractivity contribution in [3.63, 3.8) is 0 Å². The van der Waals surface area contributed by atoms with Crippen LogP contribution in [0.4, 0.5) is 17.1 Å². The number of sulfonamides is 1. The lowest BCUT2D eigenvalue weighted by Crippen LogP contribution is -2.20. The smallest absolute Gasteiger partial charge is 0.262 e. The maximum absolute atomic E-state index is 12.6. The first-order valence-electron chi connectivity index (χ1n) is 10.1. The predicted molar refractivity (Wildman–Crippen MR) is 128 cm³/mol. The van der Waals surface area contributed by atoms with Gasteiger partial charge in [0.25, 0.3) is 15.9 Å². The number of carbonyl (C=O) groups excluding carboxylic acids is 2.